The van der Waals surface area contributed by atoms with Gasteiger partial charge in [-0.05, 0) is 29.1 Å². The van der Waals surface area contributed by atoms with Gasteiger partial charge in [-0.15, -0.1) is 21.5 Å². The second-order valence-electron chi connectivity index (χ2n) is 3.87. The molecule has 0 spiro atoms. The van der Waals surface area contributed by atoms with E-state index >= 15 is 0 Å². The third-order valence-corrected chi connectivity index (χ3v) is 4.13. The molecule has 1 aromatic carbocycles. The van der Waals surface area contributed by atoms with E-state index in [-0.39, 0.29) is 5.56 Å². The zero-order chi connectivity index (χ0) is 13.9. The second-order valence-corrected chi connectivity index (χ2v) is 5.65. The Kier molecular flexibility index (Phi) is 3.53. The Morgan fingerprint density at radius 1 is 1.25 bits per heavy atom. The molecule has 2 heterocycles. The lowest BCUT2D eigenvalue weighted by Gasteiger charge is -2.04. The summed E-state index contributed by atoms with van der Waals surface area (Å²) in [6.07, 6.45) is 0. The van der Waals surface area contributed by atoms with Crippen LogP contribution in [0.2, 0.25) is 0 Å². The smallest absolute Gasteiger partial charge is 0.260 e. The molecule has 0 atom stereocenters. The van der Waals surface area contributed by atoms with Gasteiger partial charge in [0.15, 0.2) is 0 Å². The van der Waals surface area contributed by atoms with E-state index in [0.29, 0.717) is 5.13 Å². The van der Waals surface area contributed by atoms with Crippen LogP contribution in [0.15, 0.2) is 41.2 Å². The standard InChI is InChI=1S/C13H8FN3OS2/c14-10-6-8(11-2-1-5-19-11)3-4-9(10)12(18)16-13-17-15-7-20-13/h1-7H,(H,16,17,18). The molecule has 0 unspecified atom stereocenters. The largest absolute Gasteiger partial charge is 0.296 e. The normalized spacial score (nSPS) is 10.4. The minimum atomic E-state index is -0.557. The molecule has 1 N–H and O–H groups in total. The Morgan fingerprint density at radius 3 is 2.80 bits per heavy atom. The number of benzene rings is 1. The van der Waals surface area contributed by atoms with Gasteiger partial charge in [0.1, 0.15) is 11.3 Å². The van der Waals surface area contributed by atoms with Crippen LogP contribution >= 0.6 is 22.7 Å². The Hall–Kier alpha value is -2.12. The van der Waals surface area contributed by atoms with E-state index < -0.39 is 11.7 Å². The average molecular weight is 305 g/mol. The Bertz CT molecular complexity index is 726. The topological polar surface area (TPSA) is 54.9 Å². The van der Waals surface area contributed by atoms with Gasteiger partial charge in [0.05, 0.1) is 5.56 Å². The number of carbonyl (C=O) groups excluding carboxylic acids is 1. The quantitative estimate of drug-likeness (QED) is 0.803. The monoisotopic (exact) mass is 305 g/mol. The van der Waals surface area contributed by atoms with Crippen LogP contribution in [-0.4, -0.2) is 16.1 Å². The van der Waals surface area contributed by atoms with E-state index in [2.05, 4.69) is 15.5 Å². The van der Waals surface area contributed by atoms with Gasteiger partial charge < -0.3 is 0 Å². The Morgan fingerprint density at radius 2 is 2.15 bits per heavy atom. The van der Waals surface area contributed by atoms with Crippen molar-refractivity contribution in [2.45, 2.75) is 0 Å². The summed E-state index contributed by atoms with van der Waals surface area (Å²) < 4.78 is 14.0. The molecule has 2 aromatic heterocycles. The number of hydrogen-bond acceptors (Lipinski definition) is 5. The van der Waals surface area contributed by atoms with Crippen LogP contribution in [0.3, 0.4) is 0 Å². The number of hydrogen-bond donors (Lipinski definition) is 1. The van der Waals surface area contributed by atoms with Crippen LogP contribution in [0.1, 0.15) is 10.4 Å². The molecule has 0 bridgehead atoms. The van der Waals surface area contributed by atoms with Crippen molar-refractivity contribution in [1.82, 2.24) is 10.2 Å². The maximum absolute atomic E-state index is 14.0. The third-order valence-electron chi connectivity index (χ3n) is 2.60. The van der Waals surface area contributed by atoms with Gasteiger partial charge >= 0.3 is 0 Å². The molecular formula is C13H8FN3OS2. The van der Waals surface area contributed by atoms with Crippen LogP contribution in [0, 0.1) is 5.82 Å². The summed E-state index contributed by atoms with van der Waals surface area (Å²) in [5, 5.41) is 12.1. The molecule has 0 aliphatic rings. The van der Waals surface area contributed by atoms with E-state index in [4.69, 9.17) is 0 Å². The van der Waals surface area contributed by atoms with Crippen molar-refractivity contribution in [2.75, 3.05) is 5.32 Å². The highest BCUT2D eigenvalue weighted by atomic mass is 32.1. The maximum atomic E-state index is 14.0. The number of anilines is 1. The highest BCUT2D eigenvalue weighted by Crippen LogP contribution is 2.26. The van der Waals surface area contributed by atoms with Crippen LogP contribution in [-0.2, 0) is 0 Å². The summed E-state index contributed by atoms with van der Waals surface area (Å²) in [4.78, 5) is 12.9. The summed E-state index contributed by atoms with van der Waals surface area (Å²) in [6.45, 7) is 0. The molecule has 0 saturated heterocycles. The van der Waals surface area contributed by atoms with E-state index in [1.54, 1.807) is 6.07 Å². The van der Waals surface area contributed by atoms with Crippen LogP contribution in [0.5, 0.6) is 0 Å². The first-order valence-corrected chi connectivity index (χ1v) is 7.41. The van der Waals surface area contributed by atoms with E-state index in [1.165, 1.54) is 40.3 Å². The molecule has 0 aliphatic carbocycles. The Labute approximate surface area is 121 Å². The minimum Gasteiger partial charge on any atom is -0.296 e. The molecule has 3 rings (SSSR count). The molecule has 0 aliphatic heterocycles. The van der Waals surface area contributed by atoms with Crippen LogP contribution < -0.4 is 5.32 Å². The fraction of sp³-hybridized carbons (Fsp3) is 0. The first-order chi connectivity index (χ1) is 9.74. The highest BCUT2D eigenvalue weighted by Gasteiger charge is 2.14. The first-order valence-electron chi connectivity index (χ1n) is 5.65. The van der Waals surface area contributed by atoms with Gasteiger partial charge in [-0.25, -0.2) is 4.39 Å². The number of rotatable bonds is 3. The minimum absolute atomic E-state index is 0.0134. The molecule has 1 amide bonds. The van der Waals surface area contributed by atoms with E-state index in [1.807, 2.05) is 17.5 Å². The predicted molar refractivity (Wildman–Crippen MR) is 77.6 cm³/mol. The van der Waals surface area contributed by atoms with E-state index in [9.17, 15) is 9.18 Å². The maximum Gasteiger partial charge on any atom is 0.260 e. The van der Waals surface area contributed by atoms with Gasteiger partial charge in [-0.3, -0.25) is 10.1 Å². The molecule has 100 valence electrons. The number of aromatic nitrogens is 2. The van der Waals surface area contributed by atoms with Crippen LogP contribution in [0.4, 0.5) is 9.52 Å². The van der Waals surface area contributed by atoms with Crippen LogP contribution in [0.25, 0.3) is 10.4 Å². The zero-order valence-electron chi connectivity index (χ0n) is 10.0. The summed E-state index contributed by atoms with van der Waals surface area (Å²) >= 11 is 2.70. The van der Waals surface area contributed by atoms with Crippen molar-refractivity contribution in [3.05, 3.63) is 52.6 Å². The average Bonchev–Trinajstić information content (AvgIpc) is 3.11. The number of nitrogens with one attached hydrogen (secondary N) is 1. The summed E-state index contributed by atoms with van der Waals surface area (Å²) in [5.41, 5.74) is 2.23. The lowest BCUT2D eigenvalue weighted by Crippen LogP contribution is -2.13. The van der Waals surface area contributed by atoms with E-state index in [0.717, 1.165) is 10.4 Å². The summed E-state index contributed by atoms with van der Waals surface area (Å²) in [7, 11) is 0. The molecule has 0 radical (unpaired) electrons. The van der Waals surface area contributed by atoms with Crippen molar-refractivity contribution in [2.24, 2.45) is 0 Å². The molecular weight excluding hydrogens is 297 g/mol. The number of thiophene rings is 1. The van der Waals surface area contributed by atoms with Crippen molar-refractivity contribution < 1.29 is 9.18 Å². The first kappa shape index (κ1) is 12.9. The summed E-state index contributed by atoms with van der Waals surface area (Å²) in [5.74, 6) is -1.09. The fourth-order valence-corrected chi connectivity index (χ4v) is 2.85. The SMILES string of the molecule is O=C(Nc1nncs1)c1ccc(-c2cccs2)cc1F. The number of nitrogens with zero attached hydrogens (tertiary/aromatic N) is 2. The fourth-order valence-electron chi connectivity index (χ4n) is 1.69. The van der Waals surface area contributed by atoms with Crippen molar-refractivity contribution in [3.8, 4) is 10.4 Å². The number of carbonyl (C=O) groups is 1. The molecule has 0 saturated carbocycles. The highest BCUT2D eigenvalue weighted by molar-refractivity contribution is 7.13. The molecule has 7 heteroatoms. The third kappa shape index (κ3) is 2.59. The molecule has 3 aromatic rings. The van der Waals surface area contributed by atoms with Crippen molar-refractivity contribution >= 4 is 33.7 Å². The number of amides is 1. The van der Waals surface area contributed by atoms with Gasteiger partial charge in [-0.2, -0.15) is 0 Å². The van der Waals surface area contributed by atoms with Crippen molar-refractivity contribution in [3.63, 3.8) is 0 Å². The van der Waals surface area contributed by atoms with Gasteiger partial charge in [0.2, 0.25) is 5.13 Å². The van der Waals surface area contributed by atoms with Crippen molar-refractivity contribution in [1.29, 1.82) is 0 Å². The van der Waals surface area contributed by atoms with Gasteiger partial charge in [0.25, 0.3) is 5.91 Å². The van der Waals surface area contributed by atoms with Gasteiger partial charge in [0, 0.05) is 4.88 Å². The zero-order valence-corrected chi connectivity index (χ0v) is 11.7. The van der Waals surface area contributed by atoms with Gasteiger partial charge in [-0.1, -0.05) is 23.5 Å². The lowest BCUT2D eigenvalue weighted by molar-refractivity contribution is 0.102. The lowest BCUT2D eigenvalue weighted by atomic mass is 10.1. The second kappa shape index (κ2) is 5.48. The number of halogens is 1. The Balaban J connectivity index is 1.86. The molecule has 4 nitrogen and oxygen atoms in total. The summed E-state index contributed by atoms with van der Waals surface area (Å²) in [6, 6.07) is 8.36. The molecule has 0 fully saturated rings. The predicted octanol–water partition coefficient (Wildman–Crippen LogP) is 3.66. The molecule has 20 heavy (non-hydrogen) atoms.